The smallest absolute Gasteiger partial charge is 0.221 e. The van der Waals surface area contributed by atoms with E-state index in [0.29, 0.717) is 25.5 Å². The van der Waals surface area contributed by atoms with Crippen LogP contribution in [-0.2, 0) is 4.79 Å². The molecule has 0 heterocycles. The van der Waals surface area contributed by atoms with Crippen LogP contribution in [0.1, 0.15) is 27.2 Å². The van der Waals surface area contributed by atoms with E-state index in [9.17, 15) is 4.79 Å². The second-order valence-electron chi connectivity index (χ2n) is 4.83. The van der Waals surface area contributed by atoms with E-state index in [2.05, 4.69) is 24.5 Å². The summed E-state index contributed by atoms with van der Waals surface area (Å²) in [5, 5.41) is 6.11. The first-order valence-corrected chi connectivity index (χ1v) is 6.85. The van der Waals surface area contributed by atoms with Crippen LogP contribution in [-0.4, -0.2) is 25.6 Å². The molecule has 106 valence electrons. The Labute approximate surface area is 115 Å². The van der Waals surface area contributed by atoms with Crippen molar-refractivity contribution in [2.45, 2.75) is 27.2 Å². The summed E-state index contributed by atoms with van der Waals surface area (Å²) in [4.78, 5) is 11.5. The van der Waals surface area contributed by atoms with E-state index >= 15 is 0 Å². The Hall–Kier alpha value is -1.71. The molecule has 0 saturated carbocycles. The minimum absolute atomic E-state index is 0.0899. The maximum atomic E-state index is 11.5. The third kappa shape index (κ3) is 6.70. The third-order valence-electron chi connectivity index (χ3n) is 2.55. The number of ether oxygens (including phenoxy) is 1. The zero-order chi connectivity index (χ0) is 14.1. The van der Waals surface area contributed by atoms with Crippen LogP contribution in [0.5, 0.6) is 5.75 Å². The number of rotatable bonds is 8. The van der Waals surface area contributed by atoms with Gasteiger partial charge in [-0.05, 0) is 37.1 Å². The molecule has 0 aliphatic carbocycles. The van der Waals surface area contributed by atoms with E-state index in [1.165, 1.54) is 0 Å². The van der Waals surface area contributed by atoms with Gasteiger partial charge >= 0.3 is 0 Å². The molecule has 2 N–H and O–H groups in total. The van der Waals surface area contributed by atoms with Crippen LogP contribution in [0.15, 0.2) is 24.3 Å². The molecular formula is C15H24N2O2. The summed E-state index contributed by atoms with van der Waals surface area (Å²) in [6.07, 6.45) is 0.486. The van der Waals surface area contributed by atoms with Gasteiger partial charge < -0.3 is 15.4 Å². The predicted molar refractivity (Wildman–Crippen MR) is 78.6 cm³/mol. The van der Waals surface area contributed by atoms with Gasteiger partial charge in [-0.25, -0.2) is 0 Å². The Morgan fingerprint density at radius 3 is 2.53 bits per heavy atom. The first-order chi connectivity index (χ1) is 9.11. The highest BCUT2D eigenvalue weighted by molar-refractivity contribution is 5.76. The van der Waals surface area contributed by atoms with Gasteiger partial charge in [0.05, 0.1) is 6.61 Å². The van der Waals surface area contributed by atoms with Gasteiger partial charge in [-0.15, -0.1) is 0 Å². The van der Waals surface area contributed by atoms with Crippen LogP contribution < -0.4 is 15.4 Å². The molecule has 0 radical (unpaired) electrons. The first-order valence-electron chi connectivity index (χ1n) is 6.85. The molecule has 4 nitrogen and oxygen atoms in total. The molecule has 0 unspecified atom stereocenters. The van der Waals surface area contributed by atoms with Gasteiger partial charge in [0.15, 0.2) is 0 Å². The summed E-state index contributed by atoms with van der Waals surface area (Å²) in [7, 11) is 0. The number of nitrogens with one attached hydrogen (secondary N) is 2. The molecule has 0 atom stereocenters. The zero-order valence-corrected chi connectivity index (χ0v) is 12.0. The molecule has 1 aromatic rings. The predicted octanol–water partition coefficient (Wildman–Crippen LogP) is 2.66. The average molecular weight is 264 g/mol. The summed E-state index contributed by atoms with van der Waals surface area (Å²) in [6, 6.07) is 7.75. The lowest BCUT2D eigenvalue weighted by atomic mass is 10.2. The van der Waals surface area contributed by atoms with E-state index in [0.717, 1.165) is 18.0 Å². The fourth-order valence-corrected chi connectivity index (χ4v) is 1.56. The van der Waals surface area contributed by atoms with Crippen molar-refractivity contribution in [1.82, 2.24) is 5.32 Å². The Balaban J connectivity index is 2.23. The molecule has 0 fully saturated rings. The average Bonchev–Trinajstić information content (AvgIpc) is 2.39. The summed E-state index contributed by atoms with van der Waals surface area (Å²) in [5.41, 5.74) is 1.00. The lowest BCUT2D eigenvalue weighted by Crippen LogP contribution is -2.28. The van der Waals surface area contributed by atoms with Crippen LogP contribution in [0.2, 0.25) is 0 Å². The molecule has 4 heteroatoms. The molecule has 1 aromatic carbocycles. The highest BCUT2D eigenvalue weighted by Gasteiger charge is 2.02. The van der Waals surface area contributed by atoms with Crippen molar-refractivity contribution >= 4 is 11.6 Å². The van der Waals surface area contributed by atoms with Crippen LogP contribution in [0.25, 0.3) is 0 Å². The number of amides is 1. The van der Waals surface area contributed by atoms with Crippen molar-refractivity contribution < 1.29 is 9.53 Å². The van der Waals surface area contributed by atoms with E-state index in [1.54, 1.807) is 0 Å². The van der Waals surface area contributed by atoms with E-state index in [4.69, 9.17) is 4.74 Å². The minimum atomic E-state index is 0.0899. The van der Waals surface area contributed by atoms with Gasteiger partial charge in [0.2, 0.25) is 5.91 Å². The van der Waals surface area contributed by atoms with Crippen molar-refractivity contribution in [3.05, 3.63) is 24.3 Å². The molecular weight excluding hydrogens is 240 g/mol. The quantitative estimate of drug-likeness (QED) is 0.759. The summed E-state index contributed by atoms with van der Waals surface area (Å²) in [6.45, 7) is 8.17. The van der Waals surface area contributed by atoms with Gasteiger partial charge in [0.1, 0.15) is 5.75 Å². The van der Waals surface area contributed by atoms with Crippen molar-refractivity contribution in [3.8, 4) is 5.75 Å². The van der Waals surface area contributed by atoms with Crippen molar-refractivity contribution in [3.63, 3.8) is 0 Å². The normalized spacial score (nSPS) is 10.3. The Kier molecular flexibility index (Phi) is 6.79. The highest BCUT2D eigenvalue weighted by Crippen LogP contribution is 2.15. The van der Waals surface area contributed by atoms with Gasteiger partial charge in [-0.3, -0.25) is 4.79 Å². The van der Waals surface area contributed by atoms with Gasteiger partial charge in [0.25, 0.3) is 0 Å². The summed E-state index contributed by atoms with van der Waals surface area (Å²) < 4.78 is 5.37. The molecule has 0 aliphatic rings. The Morgan fingerprint density at radius 1 is 1.26 bits per heavy atom. The standard InChI is InChI=1S/C15H24N2O2/c1-4-19-14-7-5-13(6-8-14)16-10-9-15(18)17-11-12(2)3/h5-8,12,16H,4,9-11H2,1-3H3,(H,17,18). The monoisotopic (exact) mass is 264 g/mol. The highest BCUT2D eigenvalue weighted by atomic mass is 16.5. The van der Waals surface area contributed by atoms with E-state index < -0.39 is 0 Å². The van der Waals surface area contributed by atoms with E-state index in [-0.39, 0.29) is 5.91 Å². The van der Waals surface area contributed by atoms with Crippen LogP contribution in [0, 0.1) is 5.92 Å². The molecule has 0 saturated heterocycles. The fourth-order valence-electron chi connectivity index (χ4n) is 1.56. The van der Waals surface area contributed by atoms with Gasteiger partial charge in [-0.2, -0.15) is 0 Å². The zero-order valence-electron chi connectivity index (χ0n) is 12.0. The molecule has 0 aliphatic heterocycles. The SMILES string of the molecule is CCOc1ccc(NCCC(=O)NCC(C)C)cc1. The molecule has 0 aromatic heterocycles. The van der Waals surface area contributed by atoms with E-state index in [1.807, 2.05) is 31.2 Å². The number of benzene rings is 1. The van der Waals surface area contributed by atoms with Gasteiger partial charge in [0, 0.05) is 25.2 Å². The minimum Gasteiger partial charge on any atom is -0.494 e. The number of carbonyl (C=O) groups is 1. The second kappa shape index (κ2) is 8.40. The van der Waals surface area contributed by atoms with Crippen molar-refractivity contribution in [2.24, 2.45) is 5.92 Å². The number of hydrogen-bond acceptors (Lipinski definition) is 3. The maximum absolute atomic E-state index is 11.5. The van der Waals surface area contributed by atoms with Crippen LogP contribution in [0.3, 0.4) is 0 Å². The molecule has 0 bridgehead atoms. The molecule has 1 rings (SSSR count). The largest absolute Gasteiger partial charge is 0.494 e. The lowest BCUT2D eigenvalue weighted by Gasteiger charge is -2.09. The lowest BCUT2D eigenvalue weighted by molar-refractivity contribution is -0.120. The summed E-state index contributed by atoms with van der Waals surface area (Å²) >= 11 is 0. The number of anilines is 1. The van der Waals surface area contributed by atoms with Gasteiger partial charge in [-0.1, -0.05) is 13.8 Å². The maximum Gasteiger partial charge on any atom is 0.221 e. The fraction of sp³-hybridized carbons (Fsp3) is 0.533. The number of carbonyl (C=O) groups excluding carboxylic acids is 1. The summed E-state index contributed by atoms with van der Waals surface area (Å²) in [5.74, 6) is 1.44. The second-order valence-corrected chi connectivity index (χ2v) is 4.83. The van der Waals surface area contributed by atoms with Crippen molar-refractivity contribution in [1.29, 1.82) is 0 Å². The van der Waals surface area contributed by atoms with Crippen molar-refractivity contribution in [2.75, 3.05) is 25.0 Å². The third-order valence-corrected chi connectivity index (χ3v) is 2.55. The Morgan fingerprint density at radius 2 is 1.95 bits per heavy atom. The molecule has 0 spiro atoms. The number of hydrogen-bond donors (Lipinski definition) is 2. The first kappa shape index (κ1) is 15.3. The van der Waals surface area contributed by atoms with Crippen LogP contribution in [0.4, 0.5) is 5.69 Å². The topological polar surface area (TPSA) is 50.4 Å². The molecule has 1 amide bonds. The Bertz CT molecular complexity index is 374. The molecule has 19 heavy (non-hydrogen) atoms. The van der Waals surface area contributed by atoms with Crippen LogP contribution >= 0.6 is 0 Å².